The van der Waals surface area contributed by atoms with Crippen molar-refractivity contribution < 1.29 is 66.7 Å². The molecule has 2 unspecified atom stereocenters. The number of esters is 1. The molecule has 8 rings (SSSR count). The Morgan fingerprint density at radius 1 is 0.830 bits per heavy atom. The second-order valence-electron chi connectivity index (χ2n) is 23.0. The maximum atomic E-state index is 13.9. The molecule has 1 aliphatic carbocycles. The first-order chi connectivity index (χ1) is 42.4. The van der Waals surface area contributed by atoms with Crippen molar-refractivity contribution in [3.8, 4) is 22.9 Å². The van der Waals surface area contributed by atoms with Gasteiger partial charge in [-0.2, -0.15) is 0 Å². The number of hydrogen-bond donors (Lipinski definition) is 4. The van der Waals surface area contributed by atoms with Crippen molar-refractivity contribution in [1.29, 1.82) is 0 Å². The fraction of sp³-hybridized carbons (Fsp3) is 0.492. The van der Waals surface area contributed by atoms with Crippen LogP contribution in [0.25, 0.3) is 11.3 Å². The lowest BCUT2D eigenvalue weighted by molar-refractivity contribution is -0.167. The van der Waals surface area contributed by atoms with E-state index in [0.29, 0.717) is 112 Å². The highest BCUT2D eigenvalue weighted by Gasteiger charge is 2.53. The molecule has 0 spiro atoms. The summed E-state index contributed by atoms with van der Waals surface area (Å²) in [5, 5.41) is 20.1. The van der Waals surface area contributed by atoms with Gasteiger partial charge in [0, 0.05) is 93.1 Å². The molecule has 472 valence electrons. The monoisotopic (exact) mass is 1220 g/mol. The largest absolute Gasteiger partial charge is 0.514 e. The number of aromatic nitrogens is 3. The predicted octanol–water partition coefficient (Wildman–Crippen LogP) is 8.41. The van der Waals surface area contributed by atoms with Crippen molar-refractivity contribution in [2.45, 2.75) is 122 Å². The number of benzene rings is 2. The normalized spacial score (nSPS) is 18.1. The van der Waals surface area contributed by atoms with Gasteiger partial charge in [0.05, 0.1) is 18.0 Å². The van der Waals surface area contributed by atoms with Crippen LogP contribution in [-0.2, 0) is 44.7 Å². The second-order valence-corrected chi connectivity index (χ2v) is 23.0. The number of ether oxygens (including phenoxy) is 7. The quantitative estimate of drug-likeness (QED) is 0.0115. The Morgan fingerprint density at radius 3 is 2.26 bits per heavy atom. The molecule has 2 aromatic carbocycles. The maximum Gasteiger partial charge on any atom is 0.514 e. The number of fused-ring (bicyclic) bond motifs is 2. The number of unbranched alkanes of at least 4 members (excludes halogenated alkanes) is 1. The van der Waals surface area contributed by atoms with Gasteiger partial charge in [-0.3, -0.25) is 24.6 Å². The molecule has 88 heavy (non-hydrogen) atoms. The van der Waals surface area contributed by atoms with Crippen molar-refractivity contribution in [3.63, 3.8) is 0 Å². The zero-order valence-corrected chi connectivity index (χ0v) is 50.8. The van der Waals surface area contributed by atoms with Crippen LogP contribution < -0.4 is 40.5 Å². The summed E-state index contributed by atoms with van der Waals surface area (Å²) in [5.41, 5.74) is 1.40. The fourth-order valence-corrected chi connectivity index (χ4v) is 11.0. The smallest absolute Gasteiger partial charge is 0.476 e. The van der Waals surface area contributed by atoms with Crippen LogP contribution in [0.15, 0.2) is 98.2 Å². The first kappa shape index (κ1) is 65.0. The molecule has 3 saturated heterocycles. The Labute approximate surface area is 512 Å². The van der Waals surface area contributed by atoms with Gasteiger partial charge in [0.15, 0.2) is 5.82 Å². The Balaban J connectivity index is 0.916. The Hall–Kier alpha value is -9.00. The van der Waals surface area contributed by atoms with E-state index in [0.717, 1.165) is 18.5 Å². The highest BCUT2D eigenvalue weighted by Crippen LogP contribution is 2.43. The van der Waals surface area contributed by atoms with Crippen LogP contribution in [0.1, 0.15) is 91.5 Å². The minimum absolute atomic E-state index is 0.0462. The third kappa shape index (κ3) is 17.4. The van der Waals surface area contributed by atoms with Crippen molar-refractivity contribution in [3.05, 3.63) is 104 Å². The number of nitrogens with one attached hydrogen (secondary N) is 4. The van der Waals surface area contributed by atoms with E-state index >= 15 is 0 Å². The Kier molecular flexibility index (Phi) is 22.6. The van der Waals surface area contributed by atoms with E-state index < -0.39 is 53.2 Å². The highest BCUT2D eigenvalue weighted by molar-refractivity contribution is 6.06. The van der Waals surface area contributed by atoms with Gasteiger partial charge in [0.2, 0.25) is 17.7 Å². The van der Waals surface area contributed by atoms with E-state index in [1.807, 2.05) is 32.9 Å². The van der Waals surface area contributed by atoms with Crippen molar-refractivity contribution in [2.75, 3.05) is 92.7 Å². The minimum atomic E-state index is -1.37. The minimum Gasteiger partial charge on any atom is -0.476 e. The van der Waals surface area contributed by atoms with Crippen LogP contribution in [0.3, 0.4) is 0 Å². The number of carbonyl (C=O) groups excluding carboxylic acids is 7. The number of pyridine rings is 1. The average molecular weight is 1220 g/mol. The number of carbonyl (C=O) groups is 7. The molecule has 0 radical (unpaired) electrons. The Bertz CT molecular complexity index is 3100. The topological polar surface area (TPSA) is 284 Å². The molecular weight excluding hydrogens is 1130 g/mol. The molecule has 5 heterocycles. The number of para-hydroxylation sites is 1. The lowest BCUT2D eigenvalue weighted by Crippen LogP contribution is -2.56. The number of piperazine rings is 2. The Morgan fingerprint density at radius 2 is 1.57 bits per heavy atom. The molecule has 1 saturated carbocycles. The summed E-state index contributed by atoms with van der Waals surface area (Å²) in [7, 11) is 0. The number of hydrogen-bond acceptors (Lipinski definition) is 20. The standard InChI is InChI=1S/C63H81N11O14/c1-8-33-84-58(78)65-28-14-13-17-49(67-56(76)63(26-15-27-63)57(77)82-10-3)55(75)66-44-21-19-43(20-22-44)41-86-59(79)68-54-51(37-50(69-70-54)48-16-11-12-18-52(48)87-61(81)85-34-9-2)73-39-46-23-24-47(40-73)74(46)45-25-29-64-53(36-45)83-35-32-71-30-31-72(38-42(71)4)60(80)88-62(5,6)7/h8-9,11-12,16,18-22,25,29,36-37,42,46-47,49H,1-2,10,13-15,17,23-24,26-28,30-35,38-41H2,3-7H3,(H,65,78)(H,66,75)(H,67,76)(H,68,70,79)/t42-,46?,47?,49+/m1/s1. The molecule has 4 aromatic rings. The van der Waals surface area contributed by atoms with E-state index in [1.54, 1.807) is 72.6 Å². The van der Waals surface area contributed by atoms with Gasteiger partial charge < -0.3 is 63.8 Å². The van der Waals surface area contributed by atoms with E-state index in [2.05, 4.69) is 71.2 Å². The fourth-order valence-electron chi connectivity index (χ4n) is 11.0. The maximum absolute atomic E-state index is 13.9. The highest BCUT2D eigenvalue weighted by atomic mass is 16.7. The first-order valence-electron chi connectivity index (χ1n) is 30.0. The average Bonchev–Trinajstić information content (AvgIpc) is 1.48. The predicted molar refractivity (Wildman–Crippen MR) is 327 cm³/mol. The van der Waals surface area contributed by atoms with Gasteiger partial charge in [-0.25, -0.2) is 24.2 Å². The van der Waals surface area contributed by atoms with Crippen LogP contribution in [0, 0.1) is 5.41 Å². The summed E-state index contributed by atoms with van der Waals surface area (Å²) >= 11 is 0. The van der Waals surface area contributed by atoms with E-state index in [9.17, 15) is 33.6 Å². The summed E-state index contributed by atoms with van der Waals surface area (Å²) in [6.45, 7) is 20.7. The number of rotatable bonds is 26. The van der Waals surface area contributed by atoms with Gasteiger partial charge in [0.25, 0.3) is 0 Å². The van der Waals surface area contributed by atoms with Crippen molar-refractivity contribution in [1.82, 2.24) is 35.6 Å². The van der Waals surface area contributed by atoms with Crippen LogP contribution in [0.4, 0.5) is 42.1 Å². The molecule has 4 N–H and O–H groups in total. The molecule has 2 bridgehead atoms. The zero-order chi connectivity index (χ0) is 62.8. The summed E-state index contributed by atoms with van der Waals surface area (Å²) in [4.78, 5) is 105. The van der Waals surface area contributed by atoms with Gasteiger partial charge in [-0.05, 0) is 122 Å². The molecule has 25 nitrogen and oxygen atoms in total. The van der Waals surface area contributed by atoms with Crippen LogP contribution in [0.5, 0.6) is 11.6 Å². The van der Waals surface area contributed by atoms with Crippen molar-refractivity contribution in [2.24, 2.45) is 5.41 Å². The molecule has 4 fully saturated rings. The molecule has 2 aromatic heterocycles. The van der Waals surface area contributed by atoms with Gasteiger partial charge in [0.1, 0.15) is 49.2 Å². The van der Waals surface area contributed by atoms with Crippen LogP contribution in [-0.4, -0.2) is 169 Å². The molecule has 4 aliphatic rings. The van der Waals surface area contributed by atoms with Crippen LogP contribution >= 0.6 is 0 Å². The van der Waals surface area contributed by atoms with Gasteiger partial charge in [-0.15, -0.1) is 10.2 Å². The molecule has 25 heteroatoms. The lowest BCUT2D eigenvalue weighted by Gasteiger charge is -2.43. The number of nitrogens with zero attached hydrogens (tertiary/aromatic N) is 7. The second kappa shape index (κ2) is 30.6. The van der Waals surface area contributed by atoms with Gasteiger partial charge >= 0.3 is 30.4 Å². The number of amides is 5. The van der Waals surface area contributed by atoms with E-state index in [1.165, 1.54) is 12.2 Å². The van der Waals surface area contributed by atoms with E-state index in [-0.39, 0.29) is 75.2 Å². The first-order valence-corrected chi connectivity index (χ1v) is 30.0. The number of anilines is 4. The SMILES string of the molecule is C=CCOC(=O)NCCCC[C@H](NC(=O)C1(C(=O)OCC)CCC1)C(=O)Nc1ccc(COC(=O)Nc2nnc(-c3ccccc3OC(=O)OCC=C)cc2N2CC3CCC(C2)N3c2ccnc(OCCN3CCN(C(=O)OC(C)(C)C)C[C@H]3C)c2)cc1. The molecule has 5 amide bonds. The molecule has 4 atom stereocenters. The summed E-state index contributed by atoms with van der Waals surface area (Å²) in [6, 6.07) is 18.4. The number of alkyl carbamates (subject to hydrolysis) is 1. The van der Waals surface area contributed by atoms with Crippen LogP contribution in [0.2, 0.25) is 0 Å². The van der Waals surface area contributed by atoms with Crippen molar-refractivity contribution >= 4 is 65.1 Å². The molecule has 3 aliphatic heterocycles. The summed E-state index contributed by atoms with van der Waals surface area (Å²) in [6.07, 6.45) is 6.15. The third-order valence-electron chi connectivity index (χ3n) is 15.6. The summed E-state index contributed by atoms with van der Waals surface area (Å²) < 4.78 is 38.5. The summed E-state index contributed by atoms with van der Waals surface area (Å²) in [5.74, 6) is -0.889. The van der Waals surface area contributed by atoms with Gasteiger partial charge in [-0.1, -0.05) is 56.0 Å². The lowest BCUT2D eigenvalue weighted by atomic mass is 9.68. The van der Waals surface area contributed by atoms with E-state index in [4.69, 9.17) is 33.2 Å². The molecular formula is C63H81N11O14. The third-order valence-corrected chi connectivity index (χ3v) is 15.6. The zero-order valence-electron chi connectivity index (χ0n) is 50.8.